The van der Waals surface area contributed by atoms with Crippen molar-refractivity contribution >= 4 is 6.72 Å². The minimum Gasteiger partial charge on any atom is -0.272 e. The van der Waals surface area contributed by atoms with E-state index in [0.29, 0.717) is 0 Å². The van der Waals surface area contributed by atoms with Crippen molar-refractivity contribution in [2.45, 2.75) is 6.92 Å². The lowest BCUT2D eigenvalue weighted by molar-refractivity contribution is 1.41. The molecule has 0 aromatic heterocycles. The topological polar surface area (TPSA) is 12.4 Å². The van der Waals surface area contributed by atoms with E-state index < -0.39 is 0 Å². The van der Waals surface area contributed by atoms with Crippen molar-refractivity contribution < 1.29 is 0 Å². The van der Waals surface area contributed by atoms with Gasteiger partial charge in [0, 0.05) is 6.20 Å². The zero-order valence-corrected chi connectivity index (χ0v) is 5.72. The summed E-state index contributed by atoms with van der Waals surface area (Å²) in [5.41, 5.74) is 1.89. The summed E-state index contributed by atoms with van der Waals surface area (Å²) in [5.74, 6) is 0. The van der Waals surface area contributed by atoms with E-state index >= 15 is 0 Å². The Balaban J connectivity index is 4.32. The first kappa shape index (κ1) is 7.89. The van der Waals surface area contributed by atoms with Gasteiger partial charge in [0.2, 0.25) is 0 Å². The summed E-state index contributed by atoms with van der Waals surface area (Å²) in [4.78, 5) is 3.58. The molecule has 0 heterocycles. The van der Waals surface area contributed by atoms with Gasteiger partial charge in [0.1, 0.15) is 0 Å². The highest BCUT2D eigenvalue weighted by molar-refractivity contribution is 5.37. The van der Waals surface area contributed by atoms with Crippen LogP contribution in [0.1, 0.15) is 6.92 Å². The predicted octanol–water partition coefficient (Wildman–Crippen LogP) is 2.33. The molecule has 0 aromatic rings. The van der Waals surface area contributed by atoms with Crippen LogP contribution in [0.3, 0.4) is 0 Å². The Morgan fingerprint density at radius 3 is 2.22 bits per heavy atom. The summed E-state index contributed by atoms with van der Waals surface area (Å²) < 4.78 is 0. The van der Waals surface area contributed by atoms with Crippen molar-refractivity contribution in [3.05, 3.63) is 36.6 Å². The SMILES string of the molecule is C=C/C(=C/N=C)C(=C)C. The van der Waals surface area contributed by atoms with E-state index in [4.69, 9.17) is 0 Å². The molecule has 0 atom stereocenters. The van der Waals surface area contributed by atoms with Gasteiger partial charge < -0.3 is 0 Å². The molecule has 0 bridgehead atoms. The molecular weight excluding hydrogens is 110 g/mol. The monoisotopic (exact) mass is 121 g/mol. The molecule has 0 N–H and O–H groups in total. The first-order valence-electron chi connectivity index (χ1n) is 2.66. The Labute approximate surface area is 56.1 Å². The van der Waals surface area contributed by atoms with Gasteiger partial charge in [0.05, 0.1) is 0 Å². The van der Waals surface area contributed by atoms with Gasteiger partial charge in [0.25, 0.3) is 0 Å². The third-order valence-corrected chi connectivity index (χ3v) is 0.943. The van der Waals surface area contributed by atoms with Crippen LogP contribution in [0.15, 0.2) is 41.6 Å². The van der Waals surface area contributed by atoms with Gasteiger partial charge in [-0.3, -0.25) is 4.99 Å². The van der Waals surface area contributed by atoms with E-state index in [2.05, 4.69) is 24.9 Å². The Hall–Kier alpha value is -1.11. The van der Waals surface area contributed by atoms with E-state index in [0.717, 1.165) is 11.1 Å². The molecule has 0 amide bonds. The summed E-state index contributed by atoms with van der Waals surface area (Å²) in [6.45, 7) is 12.5. The number of aliphatic imine (C=N–C) groups is 1. The van der Waals surface area contributed by atoms with E-state index in [1.165, 1.54) is 0 Å². The fourth-order valence-corrected chi connectivity index (χ4v) is 0.435. The van der Waals surface area contributed by atoms with Crippen molar-refractivity contribution in [1.82, 2.24) is 0 Å². The molecule has 1 nitrogen and oxygen atoms in total. The normalized spacial score (nSPS) is 10.6. The van der Waals surface area contributed by atoms with Crippen LogP contribution in [0.4, 0.5) is 0 Å². The zero-order chi connectivity index (χ0) is 7.28. The second-order valence-corrected chi connectivity index (χ2v) is 1.75. The molecule has 0 unspecified atom stereocenters. The van der Waals surface area contributed by atoms with Crippen molar-refractivity contribution in [2.24, 2.45) is 4.99 Å². The number of rotatable bonds is 3. The van der Waals surface area contributed by atoms with Gasteiger partial charge in [0.15, 0.2) is 0 Å². The number of nitrogens with zero attached hydrogens (tertiary/aromatic N) is 1. The smallest absolute Gasteiger partial charge is 0.0335 e. The van der Waals surface area contributed by atoms with E-state index in [1.807, 2.05) is 6.92 Å². The third-order valence-electron chi connectivity index (χ3n) is 0.943. The van der Waals surface area contributed by atoms with Gasteiger partial charge in [-0.1, -0.05) is 19.2 Å². The van der Waals surface area contributed by atoms with Gasteiger partial charge in [-0.2, -0.15) is 0 Å². The average molecular weight is 121 g/mol. The van der Waals surface area contributed by atoms with E-state index in [9.17, 15) is 0 Å². The Bertz CT molecular complexity index is 163. The van der Waals surface area contributed by atoms with Crippen LogP contribution < -0.4 is 0 Å². The standard InChI is InChI=1S/C8H11N/c1-5-8(6-9-4)7(2)3/h5-6H,1-2,4H2,3H3/b8-6-. The summed E-state index contributed by atoms with van der Waals surface area (Å²) in [6.07, 6.45) is 3.34. The molecular formula is C8H11N. The van der Waals surface area contributed by atoms with Crippen LogP contribution in [0.25, 0.3) is 0 Å². The Kier molecular flexibility index (Phi) is 3.37. The van der Waals surface area contributed by atoms with Crippen LogP contribution in [0.5, 0.6) is 0 Å². The largest absolute Gasteiger partial charge is 0.272 e. The van der Waals surface area contributed by atoms with E-state index in [1.54, 1.807) is 12.3 Å². The molecule has 0 saturated carbocycles. The van der Waals surface area contributed by atoms with Crippen molar-refractivity contribution in [3.63, 3.8) is 0 Å². The van der Waals surface area contributed by atoms with Crippen LogP contribution in [0, 0.1) is 0 Å². The number of allylic oxidation sites excluding steroid dienone is 3. The fourth-order valence-electron chi connectivity index (χ4n) is 0.435. The highest BCUT2D eigenvalue weighted by Crippen LogP contribution is 2.06. The summed E-state index contributed by atoms with van der Waals surface area (Å²) >= 11 is 0. The van der Waals surface area contributed by atoms with Crippen LogP contribution in [-0.4, -0.2) is 6.72 Å². The maximum Gasteiger partial charge on any atom is 0.0335 e. The molecule has 0 saturated heterocycles. The minimum absolute atomic E-state index is 0.935. The van der Waals surface area contributed by atoms with Gasteiger partial charge >= 0.3 is 0 Å². The average Bonchev–Trinajstić information content (AvgIpc) is 1.82. The summed E-state index contributed by atoms with van der Waals surface area (Å²) in [6, 6.07) is 0. The van der Waals surface area contributed by atoms with Crippen LogP contribution >= 0.6 is 0 Å². The van der Waals surface area contributed by atoms with Crippen LogP contribution in [-0.2, 0) is 0 Å². The Morgan fingerprint density at radius 1 is 1.56 bits per heavy atom. The molecule has 0 radical (unpaired) electrons. The van der Waals surface area contributed by atoms with Crippen molar-refractivity contribution in [2.75, 3.05) is 0 Å². The lowest BCUT2D eigenvalue weighted by Gasteiger charge is -1.94. The van der Waals surface area contributed by atoms with E-state index in [-0.39, 0.29) is 0 Å². The predicted molar refractivity (Wildman–Crippen MR) is 42.6 cm³/mol. The quantitative estimate of drug-likeness (QED) is 0.401. The molecule has 0 aromatic carbocycles. The molecule has 0 fully saturated rings. The summed E-state index contributed by atoms with van der Waals surface area (Å²) in [5, 5.41) is 0. The molecule has 48 valence electrons. The molecule has 0 aliphatic heterocycles. The zero-order valence-electron chi connectivity index (χ0n) is 5.72. The first-order chi connectivity index (χ1) is 4.22. The lowest BCUT2D eigenvalue weighted by atomic mass is 10.1. The third kappa shape index (κ3) is 2.65. The van der Waals surface area contributed by atoms with Gasteiger partial charge in [-0.25, -0.2) is 0 Å². The van der Waals surface area contributed by atoms with Gasteiger partial charge in [-0.15, -0.1) is 0 Å². The maximum atomic E-state index is 3.72. The molecule has 1 heteroatoms. The van der Waals surface area contributed by atoms with Gasteiger partial charge in [-0.05, 0) is 24.8 Å². The second-order valence-electron chi connectivity index (χ2n) is 1.75. The first-order valence-corrected chi connectivity index (χ1v) is 2.66. The number of hydrogen-bond acceptors (Lipinski definition) is 1. The number of hydrogen-bond donors (Lipinski definition) is 0. The van der Waals surface area contributed by atoms with Crippen molar-refractivity contribution in [3.8, 4) is 0 Å². The molecule has 0 rings (SSSR count). The molecule has 0 aliphatic carbocycles. The molecule has 0 spiro atoms. The molecule has 0 aliphatic rings. The van der Waals surface area contributed by atoms with Crippen LogP contribution in [0.2, 0.25) is 0 Å². The minimum atomic E-state index is 0.935. The fraction of sp³-hybridized carbons (Fsp3) is 0.125. The second kappa shape index (κ2) is 3.84. The summed E-state index contributed by atoms with van der Waals surface area (Å²) in [7, 11) is 0. The van der Waals surface area contributed by atoms with Crippen molar-refractivity contribution in [1.29, 1.82) is 0 Å². The lowest BCUT2D eigenvalue weighted by Crippen LogP contribution is -1.75. The molecule has 9 heavy (non-hydrogen) atoms. The highest BCUT2D eigenvalue weighted by atomic mass is 14.6. The maximum absolute atomic E-state index is 3.72. The highest BCUT2D eigenvalue weighted by Gasteiger charge is 1.87. The Morgan fingerprint density at radius 2 is 2.11 bits per heavy atom.